The minimum Gasteiger partial charge on any atom is -0.367 e. The SMILES string of the molecule is C[C@@H](NC(=O)c1cncc(N2CCN(C(=O)C3(C)CCC(F)(F)C3)CC2)c1)c1ccc(C(=C2CC3(CNC3)C2)c2ccc(F)cc2)cc1. The van der Waals surface area contributed by atoms with Crippen molar-refractivity contribution in [2.24, 2.45) is 10.8 Å². The number of rotatable bonds is 7. The number of halogens is 3. The van der Waals surface area contributed by atoms with Crippen molar-refractivity contribution in [2.75, 3.05) is 44.2 Å². The van der Waals surface area contributed by atoms with E-state index in [2.05, 4.69) is 32.7 Å². The quantitative estimate of drug-likeness (QED) is 0.309. The third kappa shape index (κ3) is 6.34. The molecule has 48 heavy (non-hydrogen) atoms. The molecule has 0 radical (unpaired) electrons. The van der Waals surface area contributed by atoms with Crippen molar-refractivity contribution in [1.29, 1.82) is 0 Å². The number of carbonyl (C=O) groups is 2. The Morgan fingerprint density at radius 2 is 1.54 bits per heavy atom. The molecule has 2 N–H and O–H groups in total. The minimum absolute atomic E-state index is 0.196. The average Bonchev–Trinajstić information content (AvgIpc) is 3.35. The maximum Gasteiger partial charge on any atom is 0.253 e. The third-order valence-electron chi connectivity index (χ3n) is 10.8. The Morgan fingerprint density at radius 3 is 2.12 bits per heavy atom. The van der Waals surface area contributed by atoms with Crippen molar-refractivity contribution < 1.29 is 22.8 Å². The van der Waals surface area contributed by atoms with E-state index in [0.717, 1.165) is 53.9 Å². The second kappa shape index (κ2) is 12.4. The smallest absolute Gasteiger partial charge is 0.253 e. The fraction of sp³-hybridized carbons (Fsp3) is 0.447. The van der Waals surface area contributed by atoms with Gasteiger partial charge in [0.1, 0.15) is 5.82 Å². The Kier molecular flexibility index (Phi) is 8.34. The Bertz CT molecular complexity index is 1720. The van der Waals surface area contributed by atoms with Gasteiger partial charge in [-0.3, -0.25) is 14.6 Å². The largest absolute Gasteiger partial charge is 0.367 e. The van der Waals surface area contributed by atoms with E-state index in [1.54, 1.807) is 30.3 Å². The highest BCUT2D eigenvalue weighted by Crippen LogP contribution is 2.52. The van der Waals surface area contributed by atoms with Crippen molar-refractivity contribution in [3.63, 3.8) is 0 Å². The topological polar surface area (TPSA) is 77.6 Å². The van der Waals surface area contributed by atoms with Crippen molar-refractivity contribution in [3.05, 3.63) is 101 Å². The van der Waals surface area contributed by atoms with Gasteiger partial charge in [0.05, 0.1) is 28.9 Å². The van der Waals surface area contributed by atoms with Crippen LogP contribution in [-0.4, -0.2) is 66.9 Å². The van der Waals surface area contributed by atoms with Crippen LogP contribution in [0.2, 0.25) is 0 Å². The summed E-state index contributed by atoms with van der Waals surface area (Å²) in [5.74, 6) is -3.47. The van der Waals surface area contributed by atoms with Crippen LogP contribution in [0.15, 0.2) is 72.6 Å². The van der Waals surface area contributed by atoms with Gasteiger partial charge >= 0.3 is 0 Å². The zero-order valence-electron chi connectivity index (χ0n) is 27.5. The lowest BCUT2D eigenvalue weighted by Crippen LogP contribution is -2.58. The molecule has 1 aromatic heterocycles. The number of amides is 2. The van der Waals surface area contributed by atoms with E-state index in [0.29, 0.717) is 37.2 Å². The molecule has 3 aromatic rings. The minimum atomic E-state index is -2.78. The van der Waals surface area contributed by atoms with Crippen LogP contribution in [-0.2, 0) is 4.79 Å². The summed E-state index contributed by atoms with van der Waals surface area (Å²) in [6.45, 7) is 7.62. The molecule has 252 valence electrons. The van der Waals surface area contributed by atoms with Gasteiger partial charge < -0.3 is 20.4 Å². The Labute approximate surface area is 279 Å². The van der Waals surface area contributed by atoms with Crippen LogP contribution in [0, 0.1) is 16.6 Å². The van der Waals surface area contributed by atoms with Crippen molar-refractivity contribution in [3.8, 4) is 0 Å². The number of pyridine rings is 1. The van der Waals surface area contributed by atoms with Crippen LogP contribution < -0.4 is 15.5 Å². The molecule has 2 aliphatic heterocycles. The number of aromatic nitrogens is 1. The van der Waals surface area contributed by atoms with Crippen molar-refractivity contribution >= 4 is 23.1 Å². The maximum atomic E-state index is 13.9. The van der Waals surface area contributed by atoms with Gasteiger partial charge in [-0.25, -0.2) is 13.2 Å². The van der Waals surface area contributed by atoms with Gasteiger partial charge in [-0.1, -0.05) is 48.9 Å². The molecule has 2 saturated carbocycles. The van der Waals surface area contributed by atoms with Gasteiger partial charge in [0.25, 0.3) is 5.91 Å². The molecule has 7 nitrogen and oxygen atoms in total. The molecule has 10 heteroatoms. The number of nitrogens with zero attached hydrogens (tertiary/aromatic N) is 3. The lowest BCUT2D eigenvalue weighted by atomic mass is 9.60. The van der Waals surface area contributed by atoms with E-state index < -0.39 is 17.8 Å². The molecule has 2 atom stereocenters. The molecule has 4 aliphatic rings. The molecule has 2 aliphatic carbocycles. The highest BCUT2D eigenvalue weighted by atomic mass is 19.3. The predicted octanol–water partition coefficient (Wildman–Crippen LogP) is 6.37. The average molecular weight is 658 g/mol. The van der Waals surface area contributed by atoms with Gasteiger partial charge in [-0.05, 0) is 66.6 Å². The number of carbonyl (C=O) groups excluding carboxylic acids is 2. The van der Waals surface area contributed by atoms with Crippen LogP contribution in [0.3, 0.4) is 0 Å². The molecule has 1 unspecified atom stereocenters. The van der Waals surface area contributed by atoms with Gasteiger partial charge in [0.15, 0.2) is 0 Å². The number of piperazine rings is 1. The van der Waals surface area contributed by atoms with E-state index in [1.165, 1.54) is 17.7 Å². The first-order valence-electron chi connectivity index (χ1n) is 16.9. The second-order valence-corrected chi connectivity index (χ2v) is 14.6. The molecule has 7 rings (SSSR count). The summed E-state index contributed by atoms with van der Waals surface area (Å²) in [6.07, 6.45) is 4.90. The molecular weight excluding hydrogens is 615 g/mol. The third-order valence-corrected chi connectivity index (χ3v) is 10.8. The summed E-state index contributed by atoms with van der Waals surface area (Å²) in [5.41, 5.74) is 6.18. The molecule has 1 spiro atoms. The Hall–Kier alpha value is -4.18. The summed E-state index contributed by atoms with van der Waals surface area (Å²) in [7, 11) is 0. The summed E-state index contributed by atoms with van der Waals surface area (Å²) in [5, 5.41) is 6.48. The van der Waals surface area contributed by atoms with Crippen molar-refractivity contribution in [1.82, 2.24) is 20.5 Å². The number of hydrogen-bond acceptors (Lipinski definition) is 5. The fourth-order valence-corrected chi connectivity index (χ4v) is 7.92. The number of alkyl halides is 2. The number of allylic oxidation sites excluding steroid dienone is 1. The van der Waals surface area contributed by atoms with Gasteiger partial charge in [0, 0.05) is 63.7 Å². The maximum absolute atomic E-state index is 13.9. The van der Waals surface area contributed by atoms with E-state index >= 15 is 0 Å². The monoisotopic (exact) mass is 657 g/mol. The molecule has 2 aromatic carbocycles. The lowest BCUT2D eigenvalue weighted by Gasteiger charge is -2.52. The zero-order chi connectivity index (χ0) is 33.7. The first kappa shape index (κ1) is 32.4. The molecule has 2 amide bonds. The number of anilines is 1. The number of benzene rings is 2. The standard InChI is InChI=1S/C38H42F3N5O2/c1-25(26-3-5-27(6-4-26)33(28-7-9-31(39)10-8-28)30-18-37(19-30)23-43-24-37)44-34(47)29-17-32(21-42-20-29)45-13-15-46(16-14-45)35(48)36(2)11-12-38(40,41)22-36/h3-10,17,20-21,25,43H,11-16,18-19,22-24H2,1-2H3,(H,44,47)/t25-,36?/m1/s1. The number of nitrogens with one attached hydrogen (secondary N) is 2. The first-order chi connectivity index (χ1) is 22.9. The first-order valence-corrected chi connectivity index (χ1v) is 16.9. The Morgan fingerprint density at radius 1 is 0.896 bits per heavy atom. The molecule has 3 heterocycles. The van der Waals surface area contributed by atoms with Crippen LogP contribution in [0.4, 0.5) is 18.9 Å². The Balaban J connectivity index is 0.983. The molecule has 4 fully saturated rings. The number of hydrogen-bond donors (Lipinski definition) is 2. The van der Waals surface area contributed by atoms with E-state index in [9.17, 15) is 22.8 Å². The summed E-state index contributed by atoms with van der Waals surface area (Å²) in [4.78, 5) is 34.5. The molecular formula is C38H42F3N5O2. The normalized spacial score (nSPS) is 23.3. The second-order valence-electron chi connectivity index (χ2n) is 14.6. The highest BCUT2D eigenvalue weighted by Gasteiger charge is 2.52. The van der Waals surface area contributed by atoms with E-state index in [4.69, 9.17) is 0 Å². The van der Waals surface area contributed by atoms with Gasteiger partial charge in [0.2, 0.25) is 11.8 Å². The van der Waals surface area contributed by atoms with Crippen LogP contribution >= 0.6 is 0 Å². The fourth-order valence-electron chi connectivity index (χ4n) is 7.92. The summed E-state index contributed by atoms with van der Waals surface area (Å²) in [6, 6.07) is 16.5. The van der Waals surface area contributed by atoms with Crippen molar-refractivity contribution in [2.45, 2.75) is 57.9 Å². The van der Waals surface area contributed by atoms with Gasteiger partial charge in [-0.2, -0.15) is 0 Å². The van der Waals surface area contributed by atoms with Crippen LogP contribution in [0.1, 0.15) is 79.0 Å². The van der Waals surface area contributed by atoms with Gasteiger partial charge in [-0.15, -0.1) is 0 Å². The summed E-state index contributed by atoms with van der Waals surface area (Å²) < 4.78 is 41.5. The highest BCUT2D eigenvalue weighted by molar-refractivity contribution is 5.95. The van der Waals surface area contributed by atoms with E-state index in [-0.39, 0.29) is 36.5 Å². The summed E-state index contributed by atoms with van der Waals surface area (Å²) >= 11 is 0. The molecule has 0 bridgehead atoms. The van der Waals surface area contributed by atoms with Crippen LogP contribution in [0.25, 0.3) is 5.57 Å². The van der Waals surface area contributed by atoms with Crippen LogP contribution in [0.5, 0.6) is 0 Å². The zero-order valence-corrected chi connectivity index (χ0v) is 27.5. The van der Waals surface area contributed by atoms with E-state index in [1.807, 2.05) is 31.2 Å². The molecule has 2 saturated heterocycles. The lowest BCUT2D eigenvalue weighted by molar-refractivity contribution is -0.142. The predicted molar refractivity (Wildman–Crippen MR) is 179 cm³/mol.